The molecule has 39 heavy (non-hydrogen) atoms. The molecule has 202 valence electrons. The number of carbonyl (C=O) groups is 3. The maximum absolute atomic E-state index is 13.4. The van der Waals surface area contributed by atoms with Crippen molar-refractivity contribution < 1.29 is 23.9 Å². The molecule has 3 amide bonds. The molecule has 0 radical (unpaired) electrons. The minimum absolute atomic E-state index is 0.141. The van der Waals surface area contributed by atoms with Crippen LogP contribution in [0, 0.1) is 5.82 Å². The van der Waals surface area contributed by atoms with E-state index in [1.807, 2.05) is 30.3 Å². The smallest absolute Gasteiger partial charge is 0.339 e. The zero-order chi connectivity index (χ0) is 27.8. The number of carbonyl (C=O) groups excluding carboxylic acids is 2. The van der Waals surface area contributed by atoms with Crippen LogP contribution in [0.15, 0.2) is 76.7 Å². The van der Waals surface area contributed by atoms with Crippen LogP contribution in [0.25, 0.3) is 0 Å². The summed E-state index contributed by atoms with van der Waals surface area (Å²) in [5, 5.41) is 15.7. The number of aromatic carboxylic acids is 1. The summed E-state index contributed by atoms with van der Waals surface area (Å²) in [7, 11) is 0. The van der Waals surface area contributed by atoms with Crippen molar-refractivity contribution in [3.63, 3.8) is 0 Å². The Morgan fingerprint density at radius 3 is 2.56 bits per heavy atom. The van der Waals surface area contributed by atoms with Gasteiger partial charge in [-0.05, 0) is 66.9 Å². The lowest BCUT2D eigenvalue weighted by atomic mass is 10.1. The van der Waals surface area contributed by atoms with E-state index >= 15 is 0 Å². The second-order valence-electron chi connectivity index (χ2n) is 8.98. The number of anilines is 2. The molecule has 3 aromatic carbocycles. The standard InChI is InChI=1S/C29H29FN4O4S/c1-2-3-4-15-34-25-13-12-23(39-16-14-19-8-10-20(11-9-19)28(36)37)18-24(25)26(27(34)35)32-33-29(38)31-22-7-5-6-21(30)17-22/h5-13,17-18H,2-4,14-16H2,1H3,(H,36,37)(H2,31,33,38). The minimum atomic E-state index is -0.953. The fourth-order valence-electron chi connectivity index (χ4n) is 4.17. The number of nitrogens with one attached hydrogen (secondary N) is 2. The number of aryl methyl sites for hydroxylation is 1. The molecule has 0 bridgehead atoms. The Labute approximate surface area is 230 Å². The maximum atomic E-state index is 13.4. The number of thioether (sulfide) groups is 1. The normalized spacial score (nSPS) is 13.4. The molecule has 0 aromatic heterocycles. The first kappa shape index (κ1) is 27.8. The van der Waals surface area contributed by atoms with Crippen molar-refractivity contribution in [1.29, 1.82) is 0 Å². The summed E-state index contributed by atoms with van der Waals surface area (Å²) in [6.45, 7) is 2.64. The summed E-state index contributed by atoms with van der Waals surface area (Å²) in [5.41, 5.74) is 5.44. The minimum Gasteiger partial charge on any atom is -0.478 e. The topological polar surface area (TPSA) is 111 Å². The van der Waals surface area contributed by atoms with Gasteiger partial charge in [0.05, 0.1) is 11.3 Å². The van der Waals surface area contributed by atoms with Crippen LogP contribution in [0.3, 0.4) is 0 Å². The molecule has 8 nitrogen and oxygen atoms in total. The van der Waals surface area contributed by atoms with Crippen molar-refractivity contribution in [1.82, 2.24) is 5.43 Å². The summed E-state index contributed by atoms with van der Waals surface area (Å²) < 4.78 is 13.4. The number of carboxylic acid groups (broad SMARTS) is 1. The number of halogens is 1. The average Bonchev–Trinajstić information content (AvgIpc) is 3.17. The maximum Gasteiger partial charge on any atom is 0.339 e. The van der Waals surface area contributed by atoms with Crippen LogP contribution in [-0.2, 0) is 11.2 Å². The lowest BCUT2D eigenvalue weighted by molar-refractivity contribution is -0.112. The van der Waals surface area contributed by atoms with E-state index in [0.717, 1.165) is 47.6 Å². The number of hydrogen-bond acceptors (Lipinski definition) is 5. The molecule has 0 unspecified atom stereocenters. The molecule has 0 saturated carbocycles. The number of nitrogens with zero attached hydrogens (tertiary/aromatic N) is 2. The van der Waals surface area contributed by atoms with Crippen molar-refractivity contribution in [2.45, 2.75) is 37.5 Å². The molecule has 4 rings (SSSR count). The van der Waals surface area contributed by atoms with Gasteiger partial charge in [0.2, 0.25) is 0 Å². The van der Waals surface area contributed by atoms with Crippen LogP contribution in [0.2, 0.25) is 0 Å². The van der Waals surface area contributed by atoms with E-state index in [-0.39, 0.29) is 22.9 Å². The van der Waals surface area contributed by atoms with Crippen LogP contribution in [0.5, 0.6) is 0 Å². The van der Waals surface area contributed by atoms with Crippen LogP contribution in [0.4, 0.5) is 20.6 Å². The van der Waals surface area contributed by atoms with E-state index in [4.69, 9.17) is 5.11 Å². The predicted molar refractivity (Wildman–Crippen MR) is 151 cm³/mol. The van der Waals surface area contributed by atoms with Crippen LogP contribution in [-0.4, -0.2) is 41.0 Å². The van der Waals surface area contributed by atoms with Gasteiger partial charge in [0.25, 0.3) is 5.91 Å². The summed E-state index contributed by atoms with van der Waals surface area (Å²) in [6.07, 6.45) is 3.60. The SMILES string of the molecule is CCCCCN1C(=O)C(=NNC(=O)Nc2cccc(F)c2)c2cc(SCCc3ccc(C(=O)O)cc3)ccc21. The van der Waals surface area contributed by atoms with Crippen molar-refractivity contribution in [3.05, 3.63) is 89.2 Å². The van der Waals surface area contributed by atoms with Gasteiger partial charge in [0.15, 0.2) is 5.71 Å². The Kier molecular flexibility index (Phi) is 9.32. The molecule has 1 aliphatic heterocycles. The lowest BCUT2D eigenvalue weighted by Gasteiger charge is -2.16. The first-order valence-electron chi connectivity index (χ1n) is 12.7. The monoisotopic (exact) mass is 548 g/mol. The third-order valence-electron chi connectivity index (χ3n) is 6.16. The second kappa shape index (κ2) is 13.1. The van der Waals surface area contributed by atoms with Gasteiger partial charge in [0.1, 0.15) is 5.82 Å². The Balaban J connectivity index is 1.47. The molecule has 1 heterocycles. The highest BCUT2D eigenvalue weighted by molar-refractivity contribution is 7.99. The number of benzene rings is 3. The number of hydrogen-bond donors (Lipinski definition) is 3. The highest BCUT2D eigenvalue weighted by Gasteiger charge is 2.34. The number of urea groups is 1. The van der Waals surface area contributed by atoms with Crippen molar-refractivity contribution in [2.24, 2.45) is 5.10 Å². The summed E-state index contributed by atoms with van der Waals surface area (Å²) in [5.74, 6) is -0.970. The van der Waals surface area contributed by atoms with E-state index in [2.05, 4.69) is 22.8 Å². The highest BCUT2D eigenvalue weighted by atomic mass is 32.2. The van der Waals surface area contributed by atoms with E-state index in [9.17, 15) is 18.8 Å². The third-order valence-corrected chi connectivity index (χ3v) is 7.15. The number of hydrazone groups is 1. The Morgan fingerprint density at radius 2 is 1.85 bits per heavy atom. The second-order valence-corrected chi connectivity index (χ2v) is 10.1. The molecule has 10 heteroatoms. The molecule has 0 saturated heterocycles. The largest absolute Gasteiger partial charge is 0.478 e. The van der Waals surface area contributed by atoms with Gasteiger partial charge >= 0.3 is 12.0 Å². The Hall–Kier alpha value is -4.18. The van der Waals surface area contributed by atoms with Gasteiger partial charge in [-0.15, -0.1) is 11.8 Å². The first-order chi connectivity index (χ1) is 18.9. The summed E-state index contributed by atoms with van der Waals surface area (Å²) in [6, 6.07) is 17.4. The molecular formula is C29H29FN4O4S. The van der Waals surface area contributed by atoms with E-state index in [1.165, 1.54) is 18.2 Å². The van der Waals surface area contributed by atoms with Gasteiger partial charge in [-0.2, -0.15) is 5.10 Å². The van der Waals surface area contributed by atoms with Crippen LogP contribution < -0.4 is 15.6 Å². The van der Waals surface area contributed by atoms with Crippen LogP contribution in [0.1, 0.15) is 47.7 Å². The van der Waals surface area contributed by atoms with Gasteiger partial charge in [-0.3, -0.25) is 4.79 Å². The summed E-state index contributed by atoms with van der Waals surface area (Å²) >= 11 is 1.61. The average molecular weight is 549 g/mol. The molecule has 1 aliphatic rings. The van der Waals surface area contributed by atoms with Crippen molar-refractivity contribution in [3.8, 4) is 0 Å². The molecular weight excluding hydrogens is 519 g/mol. The molecule has 3 N–H and O–H groups in total. The molecule has 3 aromatic rings. The number of rotatable bonds is 11. The number of amides is 3. The van der Waals surface area contributed by atoms with Crippen molar-refractivity contribution >= 4 is 46.8 Å². The molecule has 0 fully saturated rings. The van der Waals surface area contributed by atoms with Gasteiger partial charge < -0.3 is 15.3 Å². The quantitative estimate of drug-likeness (QED) is 0.156. The Morgan fingerprint density at radius 1 is 1.05 bits per heavy atom. The lowest BCUT2D eigenvalue weighted by Crippen LogP contribution is -2.33. The molecule has 0 atom stereocenters. The Bertz CT molecular complexity index is 1390. The van der Waals surface area contributed by atoms with Gasteiger partial charge in [-0.25, -0.2) is 19.4 Å². The zero-order valence-electron chi connectivity index (χ0n) is 21.4. The van der Waals surface area contributed by atoms with Crippen molar-refractivity contribution in [2.75, 3.05) is 22.5 Å². The molecule has 0 aliphatic carbocycles. The number of unbranched alkanes of at least 4 members (excludes halogenated alkanes) is 2. The van der Waals surface area contributed by atoms with E-state index in [0.29, 0.717) is 12.1 Å². The summed E-state index contributed by atoms with van der Waals surface area (Å²) in [4.78, 5) is 39.3. The third kappa shape index (κ3) is 7.23. The number of carboxylic acids is 1. The first-order valence-corrected chi connectivity index (χ1v) is 13.7. The fraction of sp³-hybridized carbons (Fsp3) is 0.241. The zero-order valence-corrected chi connectivity index (χ0v) is 22.3. The van der Waals surface area contributed by atoms with Gasteiger partial charge in [-0.1, -0.05) is 38.0 Å². The number of fused-ring (bicyclic) bond motifs is 1. The predicted octanol–water partition coefficient (Wildman–Crippen LogP) is 5.92. The van der Waals surface area contributed by atoms with Gasteiger partial charge in [0, 0.05) is 28.4 Å². The van der Waals surface area contributed by atoms with E-state index in [1.54, 1.807) is 34.9 Å². The van der Waals surface area contributed by atoms with E-state index < -0.39 is 17.8 Å². The highest BCUT2D eigenvalue weighted by Crippen LogP contribution is 2.33. The van der Waals surface area contributed by atoms with Crippen LogP contribution >= 0.6 is 11.8 Å². The molecule has 0 spiro atoms. The fourth-order valence-corrected chi connectivity index (χ4v) is 5.10.